The van der Waals surface area contributed by atoms with Gasteiger partial charge in [-0.25, -0.2) is 13.8 Å². The SMILES string of the molecule is C[C@@H](c1nc2cc(C(=O)NC3CC3)c(F)cc2[nH]1)[C@H]1CC[C@@H](c2ccnc3ccc(F)cc32)CC1. The molecule has 2 aromatic heterocycles. The van der Waals surface area contributed by atoms with Gasteiger partial charge in [0.25, 0.3) is 5.91 Å². The first-order valence-corrected chi connectivity index (χ1v) is 12.5. The molecule has 2 aromatic carbocycles. The maximum atomic E-state index is 14.6. The van der Waals surface area contributed by atoms with Gasteiger partial charge in [-0.3, -0.25) is 9.78 Å². The number of nitrogens with zero attached hydrogens (tertiary/aromatic N) is 2. The van der Waals surface area contributed by atoms with Gasteiger partial charge in [0, 0.05) is 29.6 Å². The molecule has 6 rings (SSSR count). The van der Waals surface area contributed by atoms with Crippen molar-refractivity contribution in [2.45, 2.75) is 63.3 Å². The van der Waals surface area contributed by atoms with Crippen LogP contribution in [-0.4, -0.2) is 26.9 Å². The first-order valence-electron chi connectivity index (χ1n) is 12.5. The van der Waals surface area contributed by atoms with E-state index in [1.165, 1.54) is 17.7 Å². The van der Waals surface area contributed by atoms with E-state index in [1.807, 2.05) is 12.3 Å². The van der Waals surface area contributed by atoms with Crippen molar-refractivity contribution in [1.29, 1.82) is 0 Å². The third-order valence-corrected chi connectivity index (χ3v) is 7.83. The highest BCUT2D eigenvalue weighted by Crippen LogP contribution is 2.43. The molecule has 2 heterocycles. The van der Waals surface area contributed by atoms with E-state index in [1.54, 1.807) is 18.2 Å². The molecule has 5 nitrogen and oxygen atoms in total. The van der Waals surface area contributed by atoms with Crippen LogP contribution in [0.5, 0.6) is 0 Å². The number of fused-ring (bicyclic) bond motifs is 2. The van der Waals surface area contributed by atoms with Gasteiger partial charge in [-0.15, -0.1) is 0 Å². The minimum absolute atomic E-state index is 0.0524. The number of pyridine rings is 1. The van der Waals surface area contributed by atoms with Crippen molar-refractivity contribution >= 4 is 27.8 Å². The van der Waals surface area contributed by atoms with E-state index in [2.05, 4.69) is 22.2 Å². The first kappa shape index (κ1) is 22.1. The molecular weight excluding hydrogens is 446 g/mol. The lowest BCUT2D eigenvalue weighted by Gasteiger charge is -2.32. The Bertz CT molecular complexity index is 1420. The number of aromatic nitrogens is 3. The van der Waals surface area contributed by atoms with Crippen molar-refractivity contribution in [3.63, 3.8) is 0 Å². The van der Waals surface area contributed by atoms with Gasteiger partial charge in [-0.05, 0) is 86.3 Å². The number of amides is 1. The van der Waals surface area contributed by atoms with Crippen molar-refractivity contribution in [1.82, 2.24) is 20.3 Å². The minimum Gasteiger partial charge on any atom is -0.349 e. The van der Waals surface area contributed by atoms with Gasteiger partial charge in [0.1, 0.15) is 17.5 Å². The molecule has 2 fully saturated rings. The molecule has 0 saturated heterocycles. The summed E-state index contributed by atoms with van der Waals surface area (Å²) in [6.45, 7) is 2.16. The molecule has 0 aliphatic heterocycles. The fraction of sp³-hybridized carbons (Fsp3) is 0.393. The minimum atomic E-state index is -0.528. The number of carbonyl (C=O) groups is 1. The van der Waals surface area contributed by atoms with Crippen LogP contribution in [-0.2, 0) is 0 Å². The third kappa shape index (κ3) is 4.28. The van der Waals surface area contributed by atoms with Crippen molar-refractivity contribution in [3.05, 3.63) is 71.2 Å². The van der Waals surface area contributed by atoms with E-state index < -0.39 is 5.82 Å². The predicted octanol–water partition coefficient (Wildman–Crippen LogP) is 6.36. The van der Waals surface area contributed by atoms with E-state index >= 15 is 0 Å². The summed E-state index contributed by atoms with van der Waals surface area (Å²) in [6, 6.07) is 9.93. The summed E-state index contributed by atoms with van der Waals surface area (Å²) >= 11 is 0. The van der Waals surface area contributed by atoms with Gasteiger partial charge in [-0.2, -0.15) is 0 Å². The van der Waals surface area contributed by atoms with Gasteiger partial charge in [0.05, 0.1) is 22.1 Å². The van der Waals surface area contributed by atoms with Crippen LogP contribution in [0, 0.1) is 17.6 Å². The molecule has 2 saturated carbocycles. The molecule has 2 N–H and O–H groups in total. The van der Waals surface area contributed by atoms with Crippen LogP contribution in [0.2, 0.25) is 0 Å². The van der Waals surface area contributed by atoms with Gasteiger partial charge in [-0.1, -0.05) is 6.92 Å². The number of halogens is 2. The quantitative estimate of drug-likeness (QED) is 0.354. The van der Waals surface area contributed by atoms with Gasteiger partial charge >= 0.3 is 0 Å². The molecule has 0 spiro atoms. The Hall–Kier alpha value is -3.35. The normalized spacial score (nSPS) is 21.3. The zero-order valence-corrected chi connectivity index (χ0v) is 19.7. The summed E-state index contributed by atoms with van der Waals surface area (Å²) < 4.78 is 28.5. The molecule has 0 radical (unpaired) electrons. The standard InChI is InChI=1S/C28H28F2N4O/c1-15(27-33-25-13-22(23(30)14-26(25)34-27)28(35)32-19-7-8-19)16-2-4-17(5-3-16)20-10-11-31-24-9-6-18(29)12-21(20)24/h6,9-17,19H,2-5,7-8H2,1H3,(H,32,35)(H,33,34)/t15-,16-,17+/m1/s1. The first-order chi connectivity index (χ1) is 17.0. The Morgan fingerprint density at radius 1 is 1.03 bits per heavy atom. The van der Waals surface area contributed by atoms with E-state index in [9.17, 15) is 13.6 Å². The average Bonchev–Trinajstić information content (AvgIpc) is 3.58. The van der Waals surface area contributed by atoms with Crippen LogP contribution in [0.3, 0.4) is 0 Å². The van der Waals surface area contributed by atoms with Crippen LogP contribution < -0.4 is 5.32 Å². The number of nitrogens with one attached hydrogen (secondary N) is 2. The highest BCUT2D eigenvalue weighted by Gasteiger charge is 2.30. The molecule has 35 heavy (non-hydrogen) atoms. The maximum absolute atomic E-state index is 14.6. The van der Waals surface area contributed by atoms with Gasteiger partial charge in [0.15, 0.2) is 0 Å². The summed E-state index contributed by atoms with van der Waals surface area (Å²) in [5.41, 5.74) is 3.30. The fourth-order valence-electron chi connectivity index (χ4n) is 5.58. The van der Waals surface area contributed by atoms with Crippen LogP contribution in [0.25, 0.3) is 21.9 Å². The third-order valence-electron chi connectivity index (χ3n) is 7.83. The molecule has 0 unspecified atom stereocenters. The lowest BCUT2D eigenvalue weighted by Crippen LogP contribution is -2.26. The fourth-order valence-corrected chi connectivity index (χ4v) is 5.58. The van der Waals surface area contributed by atoms with Gasteiger partial charge in [0.2, 0.25) is 0 Å². The lowest BCUT2D eigenvalue weighted by atomic mass is 9.73. The van der Waals surface area contributed by atoms with Crippen LogP contribution in [0.1, 0.15) is 79.0 Å². The number of H-pyrrole nitrogens is 1. The number of imidazole rings is 1. The monoisotopic (exact) mass is 474 g/mol. The van der Waals surface area contributed by atoms with Gasteiger partial charge < -0.3 is 10.3 Å². The topological polar surface area (TPSA) is 70.7 Å². The zero-order valence-electron chi connectivity index (χ0n) is 19.7. The molecule has 180 valence electrons. The van der Waals surface area contributed by atoms with Crippen LogP contribution in [0.4, 0.5) is 8.78 Å². The number of rotatable bonds is 5. The van der Waals surface area contributed by atoms with Crippen molar-refractivity contribution < 1.29 is 13.6 Å². The summed E-state index contributed by atoms with van der Waals surface area (Å²) in [5, 5.41) is 3.75. The second-order valence-electron chi connectivity index (χ2n) is 10.2. The summed E-state index contributed by atoms with van der Waals surface area (Å²) in [6.07, 6.45) is 7.83. The molecule has 1 atom stereocenters. The molecule has 2 aliphatic rings. The second-order valence-corrected chi connectivity index (χ2v) is 10.2. The lowest BCUT2D eigenvalue weighted by molar-refractivity contribution is 0.0947. The number of aromatic amines is 1. The van der Waals surface area contributed by atoms with E-state index in [0.717, 1.165) is 55.3 Å². The number of benzene rings is 2. The Kier molecular flexibility index (Phi) is 5.50. The number of carbonyl (C=O) groups excluding carboxylic acids is 1. The van der Waals surface area contributed by atoms with Crippen LogP contribution in [0.15, 0.2) is 42.6 Å². The molecule has 0 bridgehead atoms. The second kappa shape index (κ2) is 8.70. The van der Waals surface area contributed by atoms with Crippen molar-refractivity contribution in [3.8, 4) is 0 Å². The van der Waals surface area contributed by atoms with Crippen molar-refractivity contribution in [2.24, 2.45) is 5.92 Å². The number of hydrogen-bond acceptors (Lipinski definition) is 3. The average molecular weight is 475 g/mol. The largest absolute Gasteiger partial charge is 0.349 e. The van der Waals surface area contributed by atoms with E-state index in [4.69, 9.17) is 4.98 Å². The van der Waals surface area contributed by atoms with Crippen LogP contribution >= 0.6 is 0 Å². The zero-order chi connectivity index (χ0) is 24.1. The predicted molar refractivity (Wildman–Crippen MR) is 131 cm³/mol. The molecular formula is C28H28F2N4O. The molecule has 1 amide bonds. The highest BCUT2D eigenvalue weighted by molar-refractivity contribution is 5.98. The summed E-state index contributed by atoms with van der Waals surface area (Å²) in [5.74, 6) is 0.706. The Balaban J connectivity index is 1.18. The number of hydrogen-bond donors (Lipinski definition) is 2. The van der Waals surface area contributed by atoms with E-state index in [-0.39, 0.29) is 29.2 Å². The Labute approximate surface area is 202 Å². The highest BCUT2D eigenvalue weighted by atomic mass is 19.1. The van der Waals surface area contributed by atoms with E-state index in [0.29, 0.717) is 22.9 Å². The Morgan fingerprint density at radius 2 is 1.83 bits per heavy atom. The maximum Gasteiger partial charge on any atom is 0.254 e. The molecule has 7 heteroatoms. The smallest absolute Gasteiger partial charge is 0.254 e. The summed E-state index contributed by atoms with van der Waals surface area (Å²) in [4.78, 5) is 24.8. The van der Waals surface area contributed by atoms with Crippen molar-refractivity contribution in [2.75, 3.05) is 0 Å². The molecule has 2 aliphatic carbocycles. The molecule has 4 aromatic rings. The Morgan fingerprint density at radius 3 is 2.60 bits per heavy atom. The summed E-state index contributed by atoms with van der Waals surface area (Å²) in [7, 11) is 0.